The molecule has 2 heterocycles. The Hall–Kier alpha value is -1.79. The fraction of sp³-hybridized carbons (Fsp3) is 0.316. The highest BCUT2D eigenvalue weighted by atomic mass is 32.2. The van der Waals surface area contributed by atoms with E-state index >= 15 is 0 Å². The smallest absolute Gasteiger partial charge is 0.234 e. The molecule has 0 saturated carbocycles. The van der Waals surface area contributed by atoms with Crippen LogP contribution in [-0.2, 0) is 4.79 Å². The highest BCUT2D eigenvalue weighted by Gasteiger charge is 2.31. The van der Waals surface area contributed by atoms with Crippen LogP contribution in [0.3, 0.4) is 0 Å². The Balaban J connectivity index is 1.45. The lowest BCUT2D eigenvalue weighted by molar-refractivity contribution is -0.128. The van der Waals surface area contributed by atoms with Crippen molar-refractivity contribution in [2.45, 2.75) is 10.3 Å². The Labute approximate surface area is 155 Å². The van der Waals surface area contributed by atoms with E-state index in [1.165, 1.54) is 0 Å². The number of ether oxygens (including phenoxy) is 2. The summed E-state index contributed by atoms with van der Waals surface area (Å²) in [6.07, 6.45) is 0. The van der Waals surface area contributed by atoms with E-state index in [0.717, 1.165) is 34.3 Å². The number of nitrogens with zero attached hydrogens (tertiary/aromatic N) is 1. The van der Waals surface area contributed by atoms with Crippen molar-refractivity contribution in [1.82, 2.24) is 4.90 Å². The van der Waals surface area contributed by atoms with Crippen molar-refractivity contribution < 1.29 is 14.3 Å². The van der Waals surface area contributed by atoms with Gasteiger partial charge in [-0.3, -0.25) is 4.79 Å². The number of carbonyl (C=O) groups is 1. The standard InChI is InChI=1S/C19H19NO3S2/c21-18(13-25-15-4-2-1-3-5-15)20-8-11-24-19(20)14-6-7-16-17(12-14)23-10-9-22-16/h1-7,12,19H,8-11,13H2. The fourth-order valence-corrected chi connectivity index (χ4v) is 5.03. The predicted molar refractivity (Wildman–Crippen MR) is 102 cm³/mol. The van der Waals surface area contributed by atoms with E-state index in [9.17, 15) is 4.79 Å². The first kappa shape index (κ1) is 16.7. The van der Waals surface area contributed by atoms with Crippen LogP contribution in [0.5, 0.6) is 11.5 Å². The summed E-state index contributed by atoms with van der Waals surface area (Å²) in [7, 11) is 0. The van der Waals surface area contributed by atoms with Crippen LogP contribution in [0.15, 0.2) is 53.4 Å². The maximum Gasteiger partial charge on any atom is 0.234 e. The van der Waals surface area contributed by atoms with Crippen LogP contribution in [0.1, 0.15) is 10.9 Å². The predicted octanol–water partition coefficient (Wildman–Crippen LogP) is 3.82. The average Bonchev–Trinajstić information content (AvgIpc) is 3.16. The van der Waals surface area contributed by atoms with Crippen LogP contribution in [0, 0.1) is 0 Å². The summed E-state index contributed by atoms with van der Waals surface area (Å²) in [5, 5.41) is 0.0553. The molecule has 4 rings (SSSR count). The van der Waals surface area contributed by atoms with E-state index in [0.29, 0.717) is 19.0 Å². The Morgan fingerprint density at radius 2 is 1.92 bits per heavy atom. The molecule has 2 aliphatic heterocycles. The van der Waals surface area contributed by atoms with E-state index in [1.807, 2.05) is 53.4 Å². The molecule has 2 aromatic rings. The summed E-state index contributed by atoms with van der Waals surface area (Å²) in [6, 6.07) is 16.1. The van der Waals surface area contributed by atoms with Gasteiger partial charge in [0, 0.05) is 17.2 Å². The number of thioether (sulfide) groups is 2. The summed E-state index contributed by atoms with van der Waals surface area (Å²) < 4.78 is 11.3. The van der Waals surface area contributed by atoms with E-state index in [4.69, 9.17) is 9.47 Å². The van der Waals surface area contributed by atoms with Crippen molar-refractivity contribution >= 4 is 29.4 Å². The van der Waals surface area contributed by atoms with Gasteiger partial charge in [-0.1, -0.05) is 24.3 Å². The highest BCUT2D eigenvalue weighted by Crippen LogP contribution is 2.42. The summed E-state index contributed by atoms with van der Waals surface area (Å²) in [6.45, 7) is 1.95. The van der Waals surface area contributed by atoms with Crippen molar-refractivity contribution in [2.75, 3.05) is 31.3 Å². The average molecular weight is 373 g/mol. The van der Waals surface area contributed by atoms with E-state index in [1.54, 1.807) is 23.5 Å². The maximum atomic E-state index is 12.7. The monoisotopic (exact) mass is 373 g/mol. The molecule has 0 aliphatic carbocycles. The molecule has 130 valence electrons. The normalized spacial score (nSPS) is 19.0. The van der Waals surface area contributed by atoms with Crippen LogP contribution in [-0.4, -0.2) is 42.1 Å². The third-order valence-corrected chi connectivity index (χ3v) is 6.43. The lowest BCUT2D eigenvalue weighted by Crippen LogP contribution is -2.31. The van der Waals surface area contributed by atoms with Crippen LogP contribution < -0.4 is 9.47 Å². The molecule has 1 saturated heterocycles. The van der Waals surface area contributed by atoms with Gasteiger partial charge in [0.05, 0.1) is 5.75 Å². The van der Waals surface area contributed by atoms with Gasteiger partial charge in [0.2, 0.25) is 5.91 Å². The third-order valence-electron chi connectivity index (χ3n) is 4.17. The molecule has 1 unspecified atom stereocenters. The largest absolute Gasteiger partial charge is 0.486 e. The van der Waals surface area contributed by atoms with Crippen molar-refractivity contribution in [2.24, 2.45) is 0 Å². The van der Waals surface area contributed by atoms with Crippen LogP contribution in [0.2, 0.25) is 0 Å². The molecule has 1 amide bonds. The number of benzene rings is 2. The van der Waals surface area contributed by atoms with Gasteiger partial charge in [-0.05, 0) is 29.8 Å². The van der Waals surface area contributed by atoms with Gasteiger partial charge in [-0.2, -0.15) is 0 Å². The maximum absolute atomic E-state index is 12.7. The van der Waals surface area contributed by atoms with Gasteiger partial charge in [0.1, 0.15) is 18.6 Å². The Bertz CT molecular complexity index is 754. The van der Waals surface area contributed by atoms with Crippen molar-refractivity contribution in [1.29, 1.82) is 0 Å². The molecule has 4 nitrogen and oxygen atoms in total. The van der Waals surface area contributed by atoms with Gasteiger partial charge in [-0.15, -0.1) is 23.5 Å². The third kappa shape index (κ3) is 3.75. The minimum absolute atomic E-state index is 0.0553. The lowest BCUT2D eigenvalue weighted by atomic mass is 10.1. The first-order valence-electron chi connectivity index (χ1n) is 8.30. The molecule has 2 aromatic carbocycles. The Kier molecular flexibility index (Phi) is 5.08. The van der Waals surface area contributed by atoms with E-state index < -0.39 is 0 Å². The SMILES string of the molecule is O=C(CSc1ccccc1)N1CCSC1c1ccc2c(c1)OCCO2. The quantitative estimate of drug-likeness (QED) is 0.762. The zero-order valence-corrected chi connectivity index (χ0v) is 15.4. The second-order valence-corrected chi connectivity index (χ2v) is 8.05. The lowest BCUT2D eigenvalue weighted by Gasteiger charge is -2.26. The summed E-state index contributed by atoms with van der Waals surface area (Å²) in [4.78, 5) is 15.8. The molecule has 0 aromatic heterocycles. The second kappa shape index (κ2) is 7.62. The second-order valence-electron chi connectivity index (χ2n) is 5.82. The van der Waals surface area contributed by atoms with Gasteiger partial charge in [-0.25, -0.2) is 0 Å². The number of rotatable bonds is 4. The minimum Gasteiger partial charge on any atom is -0.486 e. The Morgan fingerprint density at radius 3 is 2.76 bits per heavy atom. The van der Waals surface area contributed by atoms with Crippen molar-refractivity contribution in [3.63, 3.8) is 0 Å². The number of amides is 1. The highest BCUT2D eigenvalue weighted by molar-refractivity contribution is 8.00. The zero-order chi connectivity index (χ0) is 17.1. The minimum atomic E-state index is 0.0553. The molecule has 2 aliphatic rings. The molecule has 0 bridgehead atoms. The number of hydrogen-bond acceptors (Lipinski definition) is 5. The van der Waals surface area contributed by atoms with Crippen LogP contribution in [0.4, 0.5) is 0 Å². The molecule has 0 radical (unpaired) electrons. The van der Waals surface area contributed by atoms with Gasteiger partial charge in [0.15, 0.2) is 11.5 Å². The zero-order valence-electron chi connectivity index (χ0n) is 13.7. The first-order valence-corrected chi connectivity index (χ1v) is 10.3. The van der Waals surface area contributed by atoms with Gasteiger partial charge >= 0.3 is 0 Å². The summed E-state index contributed by atoms with van der Waals surface area (Å²) in [5.74, 6) is 3.17. The first-order chi connectivity index (χ1) is 12.3. The molecule has 1 fully saturated rings. The van der Waals surface area contributed by atoms with Crippen molar-refractivity contribution in [3.8, 4) is 11.5 Å². The molecule has 25 heavy (non-hydrogen) atoms. The number of fused-ring (bicyclic) bond motifs is 1. The summed E-state index contributed by atoms with van der Waals surface area (Å²) in [5.41, 5.74) is 1.10. The fourth-order valence-electron chi connectivity index (χ4n) is 2.96. The van der Waals surface area contributed by atoms with Crippen LogP contribution in [0.25, 0.3) is 0 Å². The van der Waals surface area contributed by atoms with Crippen molar-refractivity contribution in [3.05, 3.63) is 54.1 Å². The number of carbonyl (C=O) groups excluding carboxylic acids is 1. The molecular formula is C19H19NO3S2. The van der Waals surface area contributed by atoms with E-state index in [2.05, 4.69) is 0 Å². The summed E-state index contributed by atoms with van der Waals surface area (Å²) >= 11 is 3.39. The number of hydrogen-bond donors (Lipinski definition) is 0. The van der Waals surface area contributed by atoms with Gasteiger partial charge < -0.3 is 14.4 Å². The molecule has 1 atom stereocenters. The molecule has 6 heteroatoms. The molecule has 0 spiro atoms. The van der Waals surface area contributed by atoms with Gasteiger partial charge in [0.25, 0.3) is 0 Å². The van der Waals surface area contributed by atoms with Crippen LogP contribution >= 0.6 is 23.5 Å². The van der Waals surface area contributed by atoms with E-state index in [-0.39, 0.29) is 11.3 Å². The molecule has 0 N–H and O–H groups in total. The Morgan fingerprint density at radius 1 is 1.12 bits per heavy atom. The molecular weight excluding hydrogens is 354 g/mol. The topological polar surface area (TPSA) is 38.8 Å².